The van der Waals surface area contributed by atoms with Gasteiger partial charge in [-0.15, -0.1) is 0 Å². The second-order valence-electron chi connectivity index (χ2n) is 7.74. The Kier molecular flexibility index (Phi) is 6.58. The average Bonchev–Trinajstić information content (AvgIpc) is 3.20. The number of carbonyl (C=O) groups excluding carboxylic acids is 1. The highest BCUT2D eigenvalue weighted by molar-refractivity contribution is 5.91. The van der Waals surface area contributed by atoms with Crippen LogP contribution in [0.3, 0.4) is 0 Å². The van der Waals surface area contributed by atoms with Crippen LogP contribution in [0, 0.1) is 0 Å². The molecule has 0 amide bonds. The topological polar surface area (TPSA) is 91.2 Å². The van der Waals surface area contributed by atoms with Crippen molar-refractivity contribution >= 4 is 23.2 Å². The summed E-state index contributed by atoms with van der Waals surface area (Å²) < 4.78 is 12.1. The van der Waals surface area contributed by atoms with Crippen molar-refractivity contribution in [1.82, 2.24) is 19.7 Å². The van der Waals surface area contributed by atoms with Gasteiger partial charge in [-0.1, -0.05) is 30.9 Å². The fourth-order valence-electron chi connectivity index (χ4n) is 4.06. The number of allylic oxidation sites excluding steroid dienone is 5. The van der Waals surface area contributed by atoms with Gasteiger partial charge in [-0.2, -0.15) is 5.10 Å². The maximum Gasteiger partial charge on any atom is 0.337 e. The number of nitrogens with one attached hydrogen (secondary N) is 1. The number of hydrogen-bond donors (Lipinski definition) is 1. The summed E-state index contributed by atoms with van der Waals surface area (Å²) in [5.74, 6) is 0.467. The second-order valence-corrected chi connectivity index (χ2v) is 7.74. The van der Waals surface area contributed by atoms with Gasteiger partial charge < -0.3 is 14.8 Å². The molecular weight excluding hydrogens is 430 g/mol. The molecule has 3 aromatic rings. The summed E-state index contributed by atoms with van der Waals surface area (Å²) >= 11 is 0. The molecule has 34 heavy (non-hydrogen) atoms. The molecule has 0 saturated heterocycles. The fourth-order valence-corrected chi connectivity index (χ4v) is 4.06. The zero-order chi connectivity index (χ0) is 24.2. The first kappa shape index (κ1) is 23.0. The van der Waals surface area contributed by atoms with Crippen molar-refractivity contribution in [3.05, 3.63) is 77.8 Å². The van der Waals surface area contributed by atoms with Crippen LogP contribution < -0.4 is 10.1 Å². The minimum Gasteiger partial charge on any atom is -0.495 e. The van der Waals surface area contributed by atoms with E-state index in [1.54, 1.807) is 18.2 Å². The minimum absolute atomic E-state index is 0.394. The van der Waals surface area contributed by atoms with E-state index in [2.05, 4.69) is 16.9 Å². The minimum atomic E-state index is -0.435. The molecule has 1 aromatic carbocycles. The number of methoxy groups -OCH3 is 2. The number of benzene rings is 1. The van der Waals surface area contributed by atoms with Gasteiger partial charge in [0, 0.05) is 18.8 Å². The molecule has 2 heterocycles. The maximum absolute atomic E-state index is 11.9. The first-order chi connectivity index (χ1) is 16.5. The number of anilines is 2. The van der Waals surface area contributed by atoms with Crippen LogP contribution in [0.4, 0.5) is 11.6 Å². The van der Waals surface area contributed by atoms with Gasteiger partial charge in [0.1, 0.15) is 5.75 Å². The number of ether oxygens (including phenoxy) is 2. The normalized spacial score (nSPS) is 12.8. The third kappa shape index (κ3) is 4.22. The molecule has 0 bridgehead atoms. The number of fused-ring (bicyclic) bond motifs is 3. The van der Waals surface area contributed by atoms with Crippen LogP contribution in [-0.4, -0.2) is 39.9 Å². The van der Waals surface area contributed by atoms with E-state index in [0.29, 0.717) is 22.9 Å². The molecule has 0 unspecified atom stereocenters. The Hall–Kier alpha value is -4.20. The zero-order valence-electron chi connectivity index (χ0n) is 19.8. The first-order valence-electron chi connectivity index (χ1n) is 10.9. The molecule has 4 rings (SSSR count). The summed E-state index contributed by atoms with van der Waals surface area (Å²) in [6.45, 7) is 5.97. The fraction of sp³-hybridized carbons (Fsp3) is 0.231. The third-order valence-corrected chi connectivity index (χ3v) is 5.68. The lowest BCUT2D eigenvalue weighted by molar-refractivity contribution is 0.0600. The summed E-state index contributed by atoms with van der Waals surface area (Å²) in [4.78, 5) is 21.2. The summed E-state index contributed by atoms with van der Waals surface area (Å²) in [6, 6.07) is 5.02. The highest BCUT2D eigenvalue weighted by Gasteiger charge is 2.27. The molecule has 8 heteroatoms. The summed E-state index contributed by atoms with van der Waals surface area (Å²) in [5, 5.41) is 7.98. The number of hydrogen-bond acceptors (Lipinski definition) is 7. The molecule has 0 fully saturated rings. The van der Waals surface area contributed by atoms with E-state index in [1.807, 2.05) is 49.2 Å². The van der Waals surface area contributed by atoms with Crippen molar-refractivity contribution < 1.29 is 14.3 Å². The lowest BCUT2D eigenvalue weighted by Crippen LogP contribution is -2.09. The van der Waals surface area contributed by atoms with Crippen LogP contribution in [0.5, 0.6) is 5.75 Å². The van der Waals surface area contributed by atoms with Gasteiger partial charge in [0.05, 0.1) is 42.6 Å². The summed E-state index contributed by atoms with van der Waals surface area (Å²) in [5.41, 5.74) is 6.88. The van der Waals surface area contributed by atoms with Crippen molar-refractivity contribution in [2.45, 2.75) is 19.8 Å². The Balaban J connectivity index is 1.77. The molecule has 0 spiro atoms. The summed E-state index contributed by atoms with van der Waals surface area (Å²) in [7, 11) is 4.82. The van der Waals surface area contributed by atoms with Gasteiger partial charge in [-0.05, 0) is 49.1 Å². The van der Waals surface area contributed by atoms with Gasteiger partial charge in [-0.3, -0.25) is 4.68 Å². The van der Waals surface area contributed by atoms with Crippen LogP contribution >= 0.6 is 0 Å². The predicted octanol–water partition coefficient (Wildman–Crippen LogP) is 4.66. The lowest BCUT2D eigenvalue weighted by Gasteiger charge is -2.18. The Bertz CT molecular complexity index is 1320. The molecule has 1 aliphatic carbocycles. The van der Waals surface area contributed by atoms with E-state index in [9.17, 15) is 4.79 Å². The average molecular weight is 458 g/mol. The number of aryl methyl sites for hydroxylation is 3. The van der Waals surface area contributed by atoms with E-state index in [-0.39, 0.29) is 0 Å². The lowest BCUT2D eigenvalue weighted by atomic mass is 9.91. The Labute approximate surface area is 198 Å². The largest absolute Gasteiger partial charge is 0.495 e. The monoisotopic (exact) mass is 457 g/mol. The molecule has 8 nitrogen and oxygen atoms in total. The number of carbonyl (C=O) groups is 1. The standard InChI is InChI=1S/C26H27N5O3/c1-6-8-9-16(7-2)24-22-20(30-31(24)3)13-11-18-15-27-26(29-23(18)22)28-19-12-10-17(25(32)34-5)14-21(19)33-4/h6-10,12,14-15H,2,11,13H2,1,3-5H3,(H,27,28,29)/b8-6-,16-9+. The van der Waals surface area contributed by atoms with Crippen molar-refractivity contribution in [2.75, 3.05) is 19.5 Å². The van der Waals surface area contributed by atoms with Gasteiger partial charge in [0.15, 0.2) is 0 Å². The van der Waals surface area contributed by atoms with E-state index >= 15 is 0 Å². The number of esters is 1. The van der Waals surface area contributed by atoms with E-state index in [1.165, 1.54) is 14.2 Å². The van der Waals surface area contributed by atoms with Crippen molar-refractivity contribution in [3.8, 4) is 17.0 Å². The molecule has 174 valence electrons. The SMILES string of the molecule is C=C/C(=C\C=C/C)c1c2c(nn1C)CCc1cnc(Nc3ccc(C(=O)OC)cc3OC)nc1-2. The highest BCUT2D eigenvalue weighted by Crippen LogP contribution is 2.38. The van der Waals surface area contributed by atoms with Crippen LogP contribution in [0.15, 0.2) is 55.3 Å². The number of rotatable bonds is 7. The first-order valence-corrected chi connectivity index (χ1v) is 10.9. The van der Waals surface area contributed by atoms with Crippen molar-refractivity contribution in [3.63, 3.8) is 0 Å². The van der Waals surface area contributed by atoms with Gasteiger partial charge in [0.25, 0.3) is 0 Å². The second kappa shape index (κ2) is 9.74. The third-order valence-electron chi connectivity index (χ3n) is 5.68. The van der Waals surface area contributed by atoms with E-state index in [0.717, 1.165) is 46.6 Å². The molecule has 1 N–H and O–H groups in total. The molecule has 2 aromatic heterocycles. The molecule has 0 aliphatic heterocycles. The smallest absolute Gasteiger partial charge is 0.337 e. The molecule has 0 atom stereocenters. The van der Waals surface area contributed by atoms with Crippen LogP contribution in [0.25, 0.3) is 16.8 Å². The van der Waals surface area contributed by atoms with Crippen molar-refractivity contribution in [2.24, 2.45) is 7.05 Å². The van der Waals surface area contributed by atoms with Crippen molar-refractivity contribution in [1.29, 1.82) is 0 Å². The Morgan fingerprint density at radius 2 is 2.09 bits per heavy atom. The highest BCUT2D eigenvalue weighted by atomic mass is 16.5. The van der Waals surface area contributed by atoms with Gasteiger partial charge >= 0.3 is 5.97 Å². The van der Waals surface area contributed by atoms with E-state index in [4.69, 9.17) is 19.6 Å². The summed E-state index contributed by atoms with van der Waals surface area (Å²) in [6.07, 6.45) is 11.3. The van der Waals surface area contributed by atoms with Crippen LogP contribution in [0.2, 0.25) is 0 Å². The number of nitrogens with zero attached hydrogens (tertiary/aromatic N) is 4. The number of aromatic nitrogens is 4. The molecule has 0 radical (unpaired) electrons. The molecule has 0 saturated carbocycles. The Morgan fingerprint density at radius 3 is 2.79 bits per heavy atom. The molecule has 1 aliphatic rings. The zero-order valence-corrected chi connectivity index (χ0v) is 19.8. The van der Waals surface area contributed by atoms with E-state index < -0.39 is 5.97 Å². The Morgan fingerprint density at radius 1 is 1.26 bits per heavy atom. The quantitative estimate of drug-likeness (QED) is 0.408. The van der Waals surface area contributed by atoms with Crippen LogP contribution in [-0.2, 0) is 24.6 Å². The predicted molar refractivity (Wildman–Crippen MR) is 132 cm³/mol. The maximum atomic E-state index is 11.9. The van der Waals surface area contributed by atoms with Gasteiger partial charge in [0.2, 0.25) is 5.95 Å². The van der Waals surface area contributed by atoms with Crippen LogP contribution in [0.1, 0.15) is 34.2 Å². The molecular formula is C26H27N5O3. The van der Waals surface area contributed by atoms with Gasteiger partial charge in [-0.25, -0.2) is 14.8 Å².